The maximum atomic E-state index is 10.8. The van der Waals surface area contributed by atoms with Gasteiger partial charge < -0.3 is 14.7 Å². The van der Waals surface area contributed by atoms with Crippen LogP contribution in [0.25, 0.3) is 0 Å². The number of hydrogen-bond acceptors (Lipinski definition) is 6. The summed E-state index contributed by atoms with van der Waals surface area (Å²) in [7, 11) is 0. The van der Waals surface area contributed by atoms with Crippen LogP contribution in [0.2, 0.25) is 0 Å². The number of anilines is 1. The molecule has 1 fully saturated rings. The van der Waals surface area contributed by atoms with E-state index in [4.69, 9.17) is 9.84 Å². The Labute approximate surface area is 111 Å². The molecule has 7 nitrogen and oxygen atoms in total. The number of nitro groups is 1. The molecule has 7 heteroatoms. The van der Waals surface area contributed by atoms with E-state index in [1.165, 1.54) is 6.20 Å². The van der Waals surface area contributed by atoms with Crippen molar-refractivity contribution in [2.45, 2.75) is 19.4 Å². The molecule has 2 rings (SSSR count). The van der Waals surface area contributed by atoms with E-state index in [0.29, 0.717) is 37.6 Å². The van der Waals surface area contributed by atoms with Crippen molar-refractivity contribution in [3.63, 3.8) is 0 Å². The Bertz CT molecular complexity index is 464. The molecule has 0 aliphatic carbocycles. The zero-order valence-electron chi connectivity index (χ0n) is 10.8. The highest BCUT2D eigenvalue weighted by atomic mass is 16.6. The van der Waals surface area contributed by atoms with Crippen molar-refractivity contribution in [3.05, 3.63) is 27.9 Å². The monoisotopic (exact) mass is 267 g/mol. The smallest absolute Gasteiger partial charge is 0.290 e. The lowest BCUT2D eigenvalue weighted by Crippen LogP contribution is -2.46. The molecule has 0 aromatic carbocycles. The lowest BCUT2D eigenvalue weighted by molar-refractivity contribution is -0.385. The van der Waals surface area contributed by atoms with E-state index in [2.05, 4.69) is 4.98 Å². The van der Waals surface area contributed by atoms with Gasteiger partial charge in [0.25, 0.3) is 5.69 Å². The van der Waals surface area contributed by atoms with Crippen molar-refractivity contribution >= 4 is 11.5 Å². The van der Waals surface area contributed by atoms with Crippen LogP contribution in [0.5, 0.6) is 0 Å². The Morgan fingerprint density at radius 1 is 1.68 bits per heavy atom. The van der Waals surface area contributed by atoms with Crippen molar-refractivity contribution in [2.75, 3.05) is 31.3 Å². The van der Waals surface area contributed by atoms with Crippen molar-refractivity contribution in [2.24, 2.45) is 0 Å². The van der Waals surface area contributed by atoms with Gasteiger partial charge in [-0.15, -0.1) is 0 Å². The minimum absolute atomic E-state index is 0.0238. The summed E-state index contributed by atoms with van der Waals surface area (Å²) in [5, 5.41) is 19.8. The van der Waals surface area contributed by atoms with Crippen LogP contribution < -0.4 is 4.90 Å². The first-order valence-electron chi connectivity index (χ1n) is 6.19. The molecule has 0 radical (unpaired) electrons. The Kier molecular flexibility index (Phi) is 4.28. The molecule has 1 atom stereocenters. The van der Waals surface area contributed by atoms with E-state index in [1.807, 2.05) is 4.90 Å². The van der Waals surface area contributed by atoms with Gasteiger partial charge in [-0.1, -0.05) is 0 Å². The van der Waals surface area contributed by atoms with Gasteiger partial charge in [-0.25, -0.2) is 4.98 Å². The molecule has 1 aliphatic heterocycles. The molecule has 1 aliphatic rings. The first-order chi connectivity index (χ1) is 9.13. The first kappa shape index (κ1) is 13.7. The number of aliphatic hydroxyl groups excluding tert-OH is 1. The number of aryl methyl sites for hydroxylation is 1. The predicted octanol–water partition coefficient (Wildman–Crippen LogP) is 0.886. The van der Waals surface area contributed by atoms with E-state index in [-0.39, 0.29) is 18.3 Å². The number of morpholine rings is 1. The number of aromatic nitrogens is 1. The van der Waals surface area contributed by atoms with Gasteiger partial charge in [-0.05, 0) is 19.4 Å². The third-order valence-electron chi connectivity index (χ3n) is 3.25. The van der Waals surface area contributed by atoms with Gasteiger partial charge >= 0.3 is 0 Å². The molecule has 2 heterocycles. The van der Waals surface area contributed by atoms with Gasteiger partial charge in [-0.2, -0.15) is 0 Å². The molecular weight excluding hydrogens is 250 g/mol. The van der Waals surface area contributed by atoms with E-state index in [1.54, 1.807) is 13.0 Å². The molecule has 1 aromatic rings. The average Bonchev–Trinajstić information content (AvgIpc) is 2.39. The Morgan fingerprint density at radius 2 is 2.47 bits per heavy atom. The molecule has 0 amide bonds. The molecule has 19 heavy (non-hydrogen) atoms. The summed E-state index contributed by atoms with van der Waals surface area (Å²) >= 11 is 0. The minimum atomic E-state index is -0.434. The van der Waals surface area contributed by atoms with Gasteiger partial charge in [0.2, 0.25) is 0 Å². The van der Waals surface area contributed by atoms with E-state index >= 15 is 0 Å². The number of ether oxygens (including phenoxy) is 1. The van der Waals surface area contributed by atoms with Crippen LogP contribution in [0.3, 0.4) is 0 Å². The number of aliphatic hydroxyl groups is 1. The summed E-state index contributed by atoms with van der Waals surface area (Å²) in [5.41, 5.74) is 0.611. The summed E-state index contributed by atoms with van der Waals surface area (Å²) < 4.78 is 5.39. The fraction of sp³-hybridized carbons (Fsp3) is 0.583. The molecule has 0 unspecified atom stereocenters. The Balaban J connectivity index is 2.24. The highest BCUT2D eigenvalue weighted by Gasteiger charge is 2.25. The predicted molar refractivity (Wildman–Crippen MR) is 69.3 cm³/mol. The van der Waals surface area contributed by atoms with E-state index in [0.717, 1.165) is 0 Å². The molecule has 1 N–H and O–H groups in total. The zero-order valence-corrected chi connectivity index (χ0v) is 10.8. The largest absolute Gasteiger partial charge is 0.396 e. The molecule has 104 valence electrons. The zero-order chi connectivity index (χ0) is 13.8. The number of rotatable bonds is 4. The third-order valence-corrected chi connectivity index (χ3v) is 3.25. The van der Waals surface area contributed by atoms with Crippen LogP contribution in [0.4, 0.5) is 11.5 Å². The van der Waals surface area contributed by atoms with Gasteiger partial charge in [0.05, 0.1) is 24.2 Å². The second-order valence-electron chi connectivity index (χ2n) is 4.52. The second kappa shape index (κ2) is 5.94. The number of hydrogen-bond donors (Lipinski definition) is 1. The van der Waals surface area contributed by atoms with Crippen molar-refractivity contribution in [1.82, 2.24) is 4.98 Å². The maximum absolute atomic E-state index is 10.8. The quantitative estimate of drug-likeness (QED) is 0.643. The molecule has 1 aromatic heterocycles. The van der Waals surface area contributed by atoms with Gasteiger partial charge in [-0.3, -0.25) is 10.1 Å². The van der Waals surface area contributed by atoms with Crippen LogP contribution in [0.1, 0.15) is 12.0 Å². The summed E-state index contributed by atoms with van der Waals surface area (Å²) in [4.78, 5) is 16.5. The van der Waals surface area contributed by atoms with Crippen LogP contribution in [-0.2, 0) is 4.74 Å². The number of pyridine rings is 1. The van der Waals surface area contributed by atoms with Gasteiger partial charge in [0.15, 0.2) is 0 Å². The van der Waals surface area contributed by atoms with Crippen LogP contribution >= 0.6 is 0 Å². The molecule has 0 bridgehead atoms. The molecular formula is C12H17N3O4. The summed E-state index contributed by atoms with van der Waals surface area (Å²) in [6.07, 6.45) is 1.88. The normalized spacial score (nSPS) is 19.5. The summed E-state index contributed by atoms with van der Waals surface area (Å²) in [5.74, 6) is 0.699. The van der Waals surface area contributed by atoms with Crippen LogP contribution in [-0.4, -0.2) is 47.4 Å². The highest BCUT2D eigenvalue weighted by molar-refractivity contribution is 5.49. The topological polar surface area (TPSA) is 88.7 Å². The van der Waals surface area contributed by atoms with E-state index in [9.17, 15) is 10.1 Å². The van der Waals surface area contributed by atoms with Gasteiger partial charge in [0.1, 0.15) is 12.0 Å². The average molecular weight is 267 g/mol. The number of nitrogens with zero attached hydrogens (tertiary/aromatic N) is 3. The highest BCUT2D eigenvalue weighted by Crippen LogP contribution is 2.24. The Morgan fingerprint density at radius 3 is 3.11 bits per heavy atom. The third kappa shape index (κ3) is 2.99. The lowest BCUT2D eigenvalue weighted by atomic mass is 10.1. The summed E-state index contributed by atoms with van der Waals surface area (Å²) in [6, 6.07) is 1.78. The van der Waals surface area contributed by atoms with Crippen molar-refractivity contribution in [1.29, 1.82) is 0 Å². The SMILES string of the molecule is Cc1cc(N2CCOC[C@H]2CCO)ncc1[N+](=O)[O-]. The summed E-state index contributed by atoms with van der Waals surface area (Å²) in [6.45, 7) is 3.59. The maximum Gasteiger partial charge on any atom is 0.290 e. The van der Waals surface area contributed by atoms with Gasteiger partial charge in [0, 0.05) is 18.7 Å². The first-order valence-corrected chi connectivity index (χ1v) is 6.19. The van der Waals surface area contributed by atoms with Crippen molar-refractivity contribution in [3.8, 4) is 0 Å². The lowest BCUT2D eigenvalue weighted by Gasteiger charge is -2.36. The van der Waals surface area contributed by atoms with E-state index < -0.39 is 4.92 Å². The standard InChI is InChI=1S/C12H17N3O4/c1-9-6-12(13-7-11(9)15(17)18)14-3-5-19-8-10(14)2-4-16/h6-7,10,16H,2-5,8H2,1H3/t10-/m1/s1. The van der Waals surface area contributed by atoms with Crippen LogP contribution in [0.15, 0.2) is 12.3 Å². The van der Waals surface area contributed by atoms with Crippen molar-refractivity contribution < 1.29 is 14.8 Å². The molecule has 1 saturated heterocycles. The molecule has 0 spiro atoms. The molecule has 0 saturated carbocycles. The fourth-order valence-corrected chi connectivity index (χ4v) is 2.23. The van der Waals surface area contributed by atoms with Crippen LogP contribution in [0, 0.1) is 17.0 Å². The Hall–Kier alpha value is -1.73. The minimum Gasteiger partial charge on any atom is -0.396 e. The second-order valence-corrected chi connectivity index (χ2v) is 4.52. The fourth-order valence-electron chi connectivity index (χ4n) is 2.23.